The topological polar surface area (TPSA) is 77.8 Å². The van der Waals surface area contributed by atoms with Crippen molar-refractivity contribution in [2.75, 3.05) is 0 Å². The molecule has 21 heavy (non-hydrogen) atoms. The fraction of sp³-hybridized carbons (Fsp3) is 0.250. The largest absolute Gasteiger partial charge is 0.316 e. The van der Waals surface area contributed by atoms with Gasteiger partial charge >= 0.3 is 0 Å². The van der Waals surface area contributed by atoms with Gasteiger partial charge in [0, 0.05) is 44.2 Å². The van der Waals surface area contributed by atoms with Crippen LogP contribution in [0, 0.1) is 0 Å². The van der Waals surface area contributed by atoms with E-state index in [0.717, 1.165) is 34.6 Å². The smallest absolute Gasteiger partial charge is 0.0964 e. The number of nitrogens with two attached hydrogens (primary N) is 2. The number of aromatic nitrogens is 2. The third-order valence-corrected chi connectivity index (χ3v) is 2.97. The number of pyridine rings is 2. The molecule has 0 aliphatic rings. The van der Waals surface area contributed by atoms with Gasteiger partial charge in [-0.2, -0.15) is 0 Å². The van der Waals surface area contributed by atoms with Crippen LogP contribution in [0.4, 0.5) is 0 Å². The third-order valence-electron chi connectivity index (χ3n) is 2.97. The number of fused-ring (bicyclic) bond motifs is 3. The average molecular weight is 463 g/mol. The van der Waals surface area contributed by atoms with Gasteiger partial charge < -0.3 is 11.5 Å². The SMILES string of the molecule is CCCC(N)N.[Pt].c1cnc2c(c1)ccc1cccnc12. The van der Waals surface area contributed by atoms with Crippen LogP contribution in [0.25, 0.3) is 21.8 Å². The molecule has 0 fully saturated rings. The molecule has 4 N–H and O–H groups in total. The molecular weight excluding hydrogens is 443 g/mol. The second kappa shape index (κ2) is 8.83. The molecule has 114 valence electrons. The zero-order valence-electron chi connectivity index (χ0n) is 12.0. The Morgan fingerprint density at radius 3 is 1.71 bits per heavy atom. The molecular formula is C16H20N4Pt. The Bertz CT molecular complexity index is 630. The number of nitrogens with zero attached hydrogens (tertiary/aromatic N) is 2. The Labute approximate surface area is 139 Å². The van der Waals surface area contributed by atoms with Gasteiger partial charge in [0.05, 0.1) is 17.2 Å². The van der Waals surface area contributed by atoms with Crippen molar-refractivity contribution in [2.24, 2.45) is 11.5 Å². The first-order valence-electron chi connectivity index (χ1n) is 6.82. The van der Waals surface area contributed by atoms with Gasteiger partial charge in [0.25, 0.3) is 0 Å². The molecule has 0 bridgehead atoms. The maximum atomic E-state index is 5.18. The van der Waals surface area contributed by atoms with Crippen molar-refractivity contribution in [3.63, 3.8) is 0 Å². The minimum Gasteiger partial charge on any atom is -0.316 e. The summed E-state index contributed by atoms with van der Waals surface area (Å²) >= 11 is 0. The quantitative estimate of drug-likeness (QED) is 0.453. The van der Waals surface area contributed by atoms with Crippen LogP contribution in [-0.4, -0.2) is 16.1 Å². The Balaban J connectivity index is 0.000000275. The summed E-state index contributed by atoms with van der Waals surface area (Å²) in [4.78, 5) is 8.69. The van der Waals surface area contributed by atoms with E-state index in [1.165, 1.54) is 0 Å². The van der Waals surface area contributed by atoms with Crippen LogP contribution < -0.4 is 11.5 Å². The second-order valence-corrected chi connectivity index (χ2v) is 4.67. The molecule has 0 atom stereocenters. The Hall–Kier alpha value is -1.35. The van der Waals surface area contributed by atoms with Gasteiger partial charge in [-0.3, -0.25) is 9.97 Å². The van der Waals surface area contributed by atoms with Crippen molar-refractivity contribution < 1.29 is 21.1 Å². The van der Waals surface area contributed by atoms with Crippen LogP contribution in [0.1, 0.15) is 19.8 Å². The molecule has 0 aliphatic heterocycles. The van der Waals surface area contributed by atoms with E-state index in [1.807, 2.05) is 12.1 Å². The Morgan fingerprint density at radius 1 is 0.905 bits per heavy atom. The average Bonchev–Trinajstić information content (AvgIpc) is 2.48. The van der Waals surface area contributed by atoms with Crippen molar-refractivity contribution in [1.29, 1.82) is 0 Å². The van der Waals surface area contributed by atoms with Crippen LogP contribution in [0.2, 0.25) is 0 Å². The van der Waals surface area contributed by atoms with E-state index < -0.39 is 0 Å². The predicted octanol–water partition coefficient (Wildman–Crippen LogP) is 2.81. The maximum Gasteiger partial charge on any atom is 0.0964 e. The molecule has 4 nitrogen and oxygen atoms in total. The minimum absolute atomic E-state index is 0. The molecule has 0 unspecified atom stereocenters. The summed E-state index contributed by atoms with van der Waals surface area (Å²) in [6, 6.07) is 12.1. The third kappa shape index (κ3) is 4.85. The van der Waals surface area contributed by atoms with Crippen molar-refractivity contribution in [1.82, 2.24) is 9.97 Å². The monoisotopic (exact) mass is 463 g/mol. The van der Waals surface area contributed by atoms with E-state index in [2.05, 4.69) is 41.2 Å². The van der Waals surface area contributed by atoms with E-state index >= 15 is 0 Å². The van der Waals surface area contributed by atoms with E-state index in [0.29, 0.717) is 0 Å². The zero-order valence-corrected chi connectivity index (χ0v) is 14.2. The molecule has 0 amide bonds. The number of hydrogen-bond donors (Lipinski definition) is 2. The molecule has 0 aliphatic carbocycles. The standard InChI is InChI=1S/C12H8N2.C4H12N2.Pt/c1-3-9-5-6-10-4-2-8-14-12(10)11(9)13-7-1;1-2-3-4(5)6;/h1-8H;4H,2-3,5-6H2,1H3;. The molecule has 3 rings (SSSR count). The van der Waals surface area contributed by atoms with Crippen molar-refractivity contribution >= 4 is 21.8 Å². The van der Waals surface area contributed by atoms with Gasteiger partial charge in [0.1, 0.15) is 0 Å². The molecule has 0 saturated heterocycles. The Kier molecular flexibility index (Phi) is 7.44. The predicted molar refractivity (Wildman–Crippen MR) is 84.1 cm³/mol. The first-order valence-corrected chi connectivity index (χ1v) is 6.82. The van der Waals surface area contributed by atoms with Crippen molar-refractivity contribution in [3.8, 4) is 0 Å². The van der Waals surface area contributed by atoms with Gasteiger partial charge in [-0.25, -0.2) is 0 Å². The molecule has 2 heterocycles. The molecule has 1 aromatic carbocycles. The van der Waals surface area contributed by atoms with Gasteiger partial charge in [-0.1, -0.05) is 37.6 Å². The first-order chi connectivity index (χ1) is 9.72. The fourth-order valence-corrected chi connectivity index (χ4v) is 2.01. The van der Waals surface area contributed by atoms with Crippen molar-refractivity contribution in [2.45, 2.75) is 25.9 Å². The molecule has 5 heteroatoms. The summed E-state index contributed by atoms with van der Waals surface area (Å²) in [7, 11) is 0. The van der Waals surface area contributed by atoms with Gasteiger partial charge in [-0.15, -0.1) is 0 Å². The van der Waals surface area contributed by atoms with Crippen LogP contribution >= 0.6 is 0 Å². The summed E-state index contributed by atoms with van der Waals surface area (Å²) < 4.78 is 0. The van der Waals surface area contributed by atoms with Crippen molar-refractivity contribution in [3.05, 3.63) is 48.8 Å². The minimum atomic E-state index is -0.102. The van der Waals surface area contributed by atoms with E-state index in [1.54, 1.807) is 12.4 Å². The summed E-state index contributed by atoms with van der Waals surface area (Å²) in [5, 5.41) is 2.28. The van der Waals surface area contributed by atoms with Gasteiger partial charge in [0.2, 0.25) is 0 Å². The van der Waals surface area contributed by atoms with Crippen LogP contribution in [-0.2, 0) is 21.1 Å². The summed E-state index contributed by atoms with van der Waals surface area (Å²) in [5.74, 6) is 0. The van der Waals surface area contributed by atoms with E-state index in [9.17, 15) is 0 Å². The molecule has 0 saturated carbocycles. The van der Waals surface area contributed by atoms with Crippen LogP contribution in [0.5, 0.6) is 0 Å². The van der Waals surface area contributed by atoms with Crippen LogP contribution in [0.3, 0.4) is 0 Å². The molecule has 0 radical (unpaired) electrons. The Morgan fingerprint density at radius 2 is 1.38 bits per heavy atom. The number of hydrogen-bond acceptors (Lipinski definition) is 4. The maximum absolute atomic E-state index is 5.18. The summed E-state index contributed by atoms with van der Waals surface area (Å²) in [6.07, 6.45) is 5.51. The summed E-state index contributed by atoms with van der Waals surface area (Å²) in [6.45, 7) is 2.06. The van der Waals surface area contributed by atoms with Gasteiger partial charge in [-0.05, 0) is 18.6 Å². The normalized spacial score (nSPS) is 10.1. The summed E-state index contributed by atoms with van der Waals surface area (Å²) in [5.41, 5.74) is 12.3. The van der Waals surface area contributed by atoms with Gasteiger partial charge in [0.15, 0.2) is 0 Å². The molecule has 0 spiro atoms. The number of rotatable bonds is 2. The second-order valence-electron chi connectivity index (χ2n) is 4.67. The molecule has 2 aromatic heterocycles. The van der Waals surface area contributed by atoms with E-state index in [-0.39, 0.29) is 27.2 Å². The van der Waals surface area contributed by atoms with Crippen LogP contribution in [0.15, 0.2) is 48.8 Å². The fourth-order valence-electron chi connectivity index (χ4n) is 2.01. The zero-order chi connectivity index (χ0) is 14.4. The molecule has 3 aromatic rings. The first kappa shape index (κ1) is 17.7. The van der Waals surface area contributed by atoms with E-state index in [4.69, 9.17) is 11.5 Å². The number of benzene rings is 1.